The van der Waals surface area contributed by atoms with Gasteiger partial charge in [0, 0.05) is 22.6 Å². The van der Waals surface area contributed by atoms with Gasteiger partial charge in [0.2, 0.25) is 0 Å². The van der Waals surface area contributed by atoms with Crippen molar-refractivity contribution in [3.8, 4) is 0 Å². The molecular formula is C19H17IN2OS. The van der Waals surface area contributed by atoms with Crippen molar-refractivity contribution >= 4 is 50.1 Å². The molecule has 122 valence electrons. The zero-order valence-corrected chi connectivity index (χ0v) is 16.1. The number of carbonyl (C=O) groups excluding carboxylic acids is 1. The molecule has 0 radical (unpaired) electrons. The predicted octanol–water partition coefficient (Wildman–Crippen LogP) is 4.92. The smallest absolute Gasteiger partial charge is 0.254 e. The molecule has 4 rings (SSSR count). The number of thiazole rings is 1. The third kappa shape index (κ3) is 3.07. The van der Waals surface area contributed by atoms with Gasteiger partial charge >= 0.3 is 0 Å². The first kappa shape index (κ1) is 16.0. The molecule has 24 heavy (non-hydrogen) atoms. The lowest BCUT2D eigenvalue weighted by Crippen LogP contribution is -2.39. The molecule has 1 unspecified atom stereocenters. The van der Waals surface area contributed by atoms with Crippen LogP contribution in [0, 0.1) is 3.57 Å². The molecule has 2 aromatic carbocycles. The standard InChI is InChI=1S/C19H17IN2OS/c20-15-8-2-1-7-14(15)19(23)22-11-5-6-13(12-22)18-21-16-9-3-4-10-17(16)24-18/h1-4,7-10,13H,5-6,11-12H2. The van der Waals surface area contributed by atoms with Crippen LogP contribution in [-0.2, 0) is 0 Å². The van der Waals surface area contributed by atoms with E-state index in [2.05, 4.69) is 40.8 Å². The van der Waals surface area contributed by atoms with Gasteiger partial charge in [-0.05, 0) is 59.7 Å². The first-order chi connectivity index (χ1) is 11.7. The summed E-state index contributed by atoms with van der Waals surface area (Å²) in [5.74, 6) is 0.493. The summed E-state index contributed by atoms with van der Waals surface area (Å²) in [5.41, 5.74) is 1.88. The maximum absolute atomic E-state index is 12.9. The van der Waals surface area contributed by atoms with Crippen molar-refractivity contribution in [1.29, 1.82) is 0 Å². The van der Waals surface area contributed by atoms with E-state index in [0.29, 0.717) is 5.92 Å². The van der Waals surface area contributed by atoms with Gasteiger partial charge in [-0.15, -0.1) is 11.3 Å². The van der Waals surface area contributed by atoms with E-state index in [4.69, 9.17) is 4.98 Å². The molecule has 1 aromatic heterocycles. The zero-order chi connectivity index (χ0) is 16.5. The maximum Gasteiger partial charge on any atom is 0.254 e. The van der Waals surface area contributed by atoms with Gasteiger partial charge < -0.3 is 4.90 Å². The molecule has 3 aromatic rings. The molecule has 1 saturated heterocycles. The molecule has 0 saturated carbocycles. The average Bonchev–Trinajstić information content (AvgIpc) is 3.06. The van der Waals surface area contributed by atoms with Crippen LogP contribution in [0.2, 0.25) is 0 Å². The number of hydrogen-bond donors (Lipinski definition) is 0. The second kappa shape index (κ2) is 6.80. The van der Waals surface area contributed by atoms with Crippen LogP contribution in [0.1, 0.15) is 34.1 Å². The first-order valence-electron chi connectivity index (χ1n) is 8.11. The molecule has 0 bridgehead atoms. The molecule has 1 amide bonds. The molecular weight excluding hydrogens is 431 g/mol. The van der Waals surface area contributed by atoms with Gasteiger partial charge in [-0.3, -0.25) is 4.79 Å². The van der Waals surface area contributed by atoms with E-state index in [-0.39, 0.29) is 5.91 Å². The Kier molecular flexibility index (Phi) is 4.54. The number of benzene rings is 2. The molecule has 1 atom stereocenters. The minimum absolute atomic E-state index is 0.144. The number of aromatic nitrogens is 1. The number of amides is 1. The molecule has 0 N–H and O–H groups in total. The van der Waals surface area contributed by atoms with Crippen molar-refractivity contribution in [1.82, 2.24) is 9.88 Å². The van der Waals surface area contributed by atoms with Crippen molar-refractivity contribution in [2.45, 2.75) is 18.8 Å². The van der Waals surface area contributed by atoms with Crippen molar-refractivity contribution in [3.05, 3.63) is 62.7 Å². The van der Waals surface area contributed by atoms with Crippen LogP contribution in [0.15, 0.2) is 48.5 Å². The molecule has 2 heterocycles. The van der Waals surface area contributed by atoms with Crippen molar-refractivity contribution in [2.24, 2.45) is 0 Å². The van der Waals surface area contributed by atoms with Gasteiger partial charge in [-0.25, -0.2) is 4.98 Å². The molecule has 1 aliphatic heterocycles. The van der Waals surface area contributed by atoms with Gasteiger partial charge in [-0.2, -0.15) is 0 Å². The fourth-order valence-electron chi connectivity index (χ4n) is 3.23. The third-order valence-corrected chi connectivity index (χ3v) is 6.61. The minimum Gasteiger partial charge on any atom is -0.338 e. The quantitative estimate of drug-likeness (QED) is 0.522. The lowest BCUT2D eigenvalue weighted by molar-refractivity contribution is 0.0706. The Bertz CT molecular complexity index is 859. The number of fused-ring (bicyclic) bond motifs is 1. The van der Waals surface area contributed by atoms with E-state index in [9.17, 15) is 4.79 Å². The summed E-state index contributed by atoms with van der Waals surface area (Å²) >= 11 is 4.01. The number of carbonyl (C=O) groups is 1. The summed E-state index contributed by atoms with van der Waals surface area (Å²) < 4.78 is 2.25. The number of nitrogens with zero attached hydrogens (tertiary/aromatic N) is 2. The lowest BCUT2D eigenvalue weighted by atomic mass is 9.98. The Labute approximate surface area is 158 Å². The van der Waals surface area contributed by atoms with E-state index in [1.807, 2.05) is 35.2 Å². The van der Waals surface area contributed by atoms with E-state index < -0.39 is 0 Å². The molecule has 5 heteroatoms. The number of para-hydroxylation sites is 1. The summed E-state index contributed by atoms with van der Waals surface area (Å²) in [7, 11) is 0. The highest BCUT2D eigenvalue weighted by Gasteiger charge is 2.28. The van der Waals surface area contributed by atoms with E-state index in [1.165, 1.54) is 4.70 Å². The van der Waals surface area contributed by atoms with Crippen LogP contribution in [0.3, 0.4) is 0 Å². The summed E-state index contributed by atoms with van der Waals surface area (Å²) in [4.78, 5) is 19.7. The molecule has 1 fully saturated rings. The molecule has 3 nitrogen and oxygen atoms in total. The average molecular weight is 448 g/mol. The van der Waals surface area contributed by atoms with Crippen LogP contribution < -0.4 is 0 Å². The Morgan fingerprint density at radius 2 is 1.96 bits per heavy atom. The monoisotopic (exact) mass is 448 g/mol. The van der Waals surface area contributed by atoms with Crippen molar-refractivity contribution in [2.75, 3.05) is 13.1 Å². The van der Waals surface area contributed by atoms with Crippen LogP contribution >= 0.6 is 33.9 Å². The molecule has 0 spiro atoms. The Morgan fingerprint density at radius 3 is 2.79 bits per heavy atom. The summed E-state index contributed by atoms with van der Waals surface area (Å²) in [6, 6.07) is 16.1. The number of likely N-dealkylation sites (tertiary alicyclic amines) is 1. The third-order valence-electron chi connectivity index (χ3n) is 4.47. The van der Waals surface area contributed by atoms with Gasteiger partial charge in [0.05, 0.1) is 20.8 Å². The number of hydrogen-bond acceptors (Lipinski definition) is 3. The molecule has 1 aliphatic rings. The van der Waals surface area contributed by atoms with E-state index in [0.717, 1.165) is 45.6 Å². The molecule has 0 aliphatic carbocycles. The van der Waals surface area contributed by atoms with E-state index >= 15 is 0 Å². The first-order valence-corrected chi connectivity index (χ1v) is 10.0. The highest BCUT2D eigenvalue weighted by Crippen LogP contribution is 2.33. The largest absolute Gasteiger partial charge is 0.338 e. The summed E-state index contributed by atoms with van der Waals surface area (Å²) in [6.45, 7) is 1.61. The zero-order valence-electron chi connectivity index (χ0n) is 13.1. The minimum atomic E-state index is 0.144. The number of piperidine rings is 1. The van der Waals surface area contributed by atoms with Gasteiger partial charge in [0.25, 0.3) is 5.91 Å². The predicted molar refractivity (Wildman–Crippen MR) is 107 cm³/mol. The SMILES string of the molecule is O=C(c1ccccc1I)N1CCCC(c2nc3ccccc3s2)C1. The Balaban J connectivity index is 1.57. The normalized spacial score (nSPS) is 18.0. The van der Waals surface area contributed by atoms with Gasteiger partial charge in [-0.1, -0.05) is 24.3 Å². The second-order valence-corrected chi connectivity index (χ2v) is 8.31. The van der Waals surface area contributed by atoms with Crippen LogP contribution in [0.25, 0.3) is 10.2 Å². The topological polar surface area (TPSA) is 33.2 Å². The Hall–Kier alpha value is -1.47. The number of rotatable bonds is 2. The number of halogens is 1. The van der Waals surface area contributed by atoms with Crippen molar-refractivity contribution < 1.29 is 4.79 Å². The van der Waals surface area contributed by atoms with Gasteiger partial charge in [0.15, 0.2) is 0 Å². The van der Waals surface area contributed by atoms with Gasteiger partial charge in [0.1, 0.15) is 0 Å². The fourth-order valence-corrected chi connectivity index (χ4v) is 4.94. The highest BCUT2D eigenvalue weighted by atomic mass is 127. The maximum atomic E-state index is 12.9. The summed E-state index contributed by atoms with van der Waals surface area (Å²) in [5, 5.41) is 1.16. The van der Waals surface area contributed by atoms with Crippen LogP contribution in [-0.4, -0.2) is 28.9 Å². The van der Waals surface area contributed by atoms with Crippen LogP contribution in [0.5, 0.6) is 0 Å². The second-order valence-electron chi connectivity index (χ2n) is 6.09. The van der Waals surface area contributed by atoms with E-state index in [1.54, 1.807) is 11.3 Å². The highest BCUT2D eigenvalue weighted by molar-refractivity contribution is 14.1. The lowest BCUT2D eigenvalue weighted by Gasteiger charge is -2.32. The Morgan fingerprint density at radius 1 is 1.17 bits per heavy atom. The fraction of sp³-hybridized carbons (Fsp3) is 0.263. The summed E-state index contributed by atoms with van der Waals surface area (Å²) in [6.07, 6.45) is 2.14. The van der Waals surface area contributed by atoms with Crippen molar-refractivity contribution in [3.63, 3.8) is 0 Å². The van der Waals surface area contributed by atoms with Crippen LogP contribution in [0.4, 0.5) is 0 Å².